The van der Waals surface area contributed by atoms with Crippen LogP contribution in [0.3, 0.4) is 0 Å². The van der Waals surface area contributed by atoms with Crippen molar-refractivity contribution in [3.63, 3.8) is 0 Å². The number of carbonyl (C=O) groups excluding carboxylic acids is 1. The van der Waals surface area contributed by atoms with Crippen molar-refractivity contribution in [2.45, 2.75) is 0 Å². The number of hydrogen-bond donors (Lipinski definition) is 2. The van der Waals surface area contributed by atoms with Crippen molar-refractivity contribution in [1.82, 2.24) is 10.2 Å². The Morgan fingerprint density at radius 3 is 2.83 bits per heavy atom. The number of fused-ring (bicyclic) bond motifs is 1. The summed E-state index contributed by atoms with van der Waals surface area (Å²) in [6, 6.07) is 5.30. The number of nitrogens with one attached hydrogen (secondary N) is 1. The van der Waals surface area contributed by atoms with Crippen LogP contribution in [0.1, 0.15) is 15.9 Å². The second-order valence-electron chi connectivity index (χ2n) is 4.46. The Morgan fingerprint density at radius 1 is 1.50 bits per heavy atom. The van der Waals surface area contributed by atoms with Crippen molar-refractivity contribution in [3.05, 3.63) is 35.9 Å². The molecular formula is C13H16N4O. The molecule has 94 valence electrons. The van der Waals surface area contributed by atoms with Gasteiger partial charge in [0.05, 0.1) is 17.8 Å². The molecule has 0 spiro atoms. The molecule has 3 N–H and O–H groups in total. The molecule has 1 aliphatic heterocycles. The van der Waals surface area contributed by atoms with E-state index in [2.05, 4.69) is 16.9 Å². The first-order valence-corrected chi connectivity index (χ1v) is 5.60. The first-order valence-electron chi connectivity index (χ1n) is 5.60. The van der Waals surface area contributed by atoms with Crippen LogP contribution in [0.2, 0.25) is 0 Å². The Labute approximate surface area is 106 Å². The molecule has 18 heavy (non-hydrogen) atoms. The molecule has 0 fully saturated rings. The zero-order chi connectivity index (χ0) is 13.3. The van der Waals surface area contributed by atoms with Crippen LogP contribution in [0.15, 0.2) is 29.8 Å². The van der Waals surface area contributed by atoms with Gasteiger partial charge in [-0.25, -0.2) is 4.99 Å². The smallest absolute Gasteiger partial charge is 0.249 e. The highest BCUT2D eigenvalue weighted by atomic mass is 16.1. The monoisotopic (exact) mass is 244 g/mol. The maximum absolute atomic E-state index is 11.4. The van der Waals surface area contributed by atoms with Crippen LogP contribution in [0.5, 0.6) is 0 Å². The fraction of sp³-hybridized carbons (Fsp3) is 0.231. The average Bonchev–Trinajstić information content (AvgIpc) is 2.26. The Morgan fingerprint density at radius 2 is 2.22 bits per heavy atom. The molecule has 0 saturated carbocycles. The van der Waals surface area contributed by atoms with E-state index >= 15 is 0 Å². The zero-order valence-electron chi connectivity index (χ0n) is 10.5. The molecule has 0 aromatic heterocycles. The van der Waals surface area contributed by atoms with E-state index in [4.69, 9.17) is 5.73 Å². The van der Waals surface area contributed by atoms with E-state index in [0.29, 0.717) is 23.4 Å². The van der Waals surface area contributed by atoms with Gasteiger partial charge in [-0.1, -0.05) is 12.6 Å². The summed E-state index contributed by atoms with van der Waals surface area (Å²) < 4.78 is 0. The predicted octanol–water partition coefficient (Wildman–Crippen LogP) is 0.951. The summed E-state index contributed by atoms with van der Waals surface area (Å²) in [5.74, 6) is 0.333. The largest absolute Gasteiger partial charge is 0.366 e. The first-order chi connectivity index (χ1) is 8.49. The molecule has 5 nitrogen and oxygen atoms in total. The van der Waals surface area contributed by atoms with Crippen molar-refractivity contribution in [3.8, 4) is 0 Å². The molecule has 0 atom stereocenters. The number of carbonyl (C=O) groups is 1. The van der Waals surface area contributed by atoms with Gasteiger partial charge >= 0.3 is 0 Å². The highest BCUT2D eigenvalue weighted by Gasteiger charge is 2.20. The van der Waals surface area contributed by atoms with Gasteiger partial charge in [-0.3, -0.25) is 4.79 Å². The third kappa shape index (κ3) is 2.26. The van der Waals surface area contributed by atoms with Crippen LogP contribution in [0, 0.1) is 0 Å². The summed E-state index contributed by atoms with van der Waals surface area (Å²) >= 11 is 0. The van der Waals surface area contributed by atoms with Gasteiger partial charge in [0.15, 0.2) is 0 Å². The van der Waals surface area contributed by atoms with Gasteiger partial charge in [0.1, 0.15) is 5.84 Å². The summed E-state index contributed by atoms with van der Waals surface area (Å²) in [6.07, 6.45) is 0. The van der Waals surface area contributed by atoms with Crippen LogP contribution < -0.4 is 11.1 Å². The Hall–Kier alpha value is -2.14. The highest BCUT2D eigenvalue weighted by molar-refractivity contribution is 6.05. The number of amides is 1. The van der Waals surface area contributed by atoms with E-state index in [9.17, 15) is 4.79 Å². The lowest BCUT2D eigenvalue weighted by atomic mass is 10.0. The molecule has 0 aliphatic carbocycles. The molecule has 0 bridgehead atoms. The molecule has 1 aliphatic rings. The van der Waals surface area contributed by atoms with Gasteiger partial charge in [-0.15, -0.1) is 0 Å². The number of nitrogens with two attached hydrogens (primary N) is 1. The number of nitrogens with zero attached hydrogens (tertiary/aromatic N) is 2. The highest BCUT2D eigenvalue weighted by Crippen LogP contribution is 2.30. The minimum atomic E-state index is -0.471. The zero-order valence-corrected chi connectivity index (χ0v) is 10.5. The Kier molecular flexibility index (Phi) is 3.16. The molecule has 0 saturated heterocycles. The molecule has 5 heteroatoms. The number of aliphatic imine (C=N–C) groups is 1. The minimum Gasteiger partial charge on any atom is -0.366 e. The van der Waals surface area contributed by atoms with Crippen molar-refractivity contribution >= 4 is 23.1 Å². The van der Waals surface area contributed by atoms with Gasteiger partial charge in [0.2, 0.25) is 5.91 Å². The first kappa shape index (κ1) is 12.3. The van der Waals surface area contributed by atoms with E-state index in [-0.39, 0.29) is 0 Å². The number of primary amides is 1. The van der Waals surface area contributed by atoms with E-state index in [1.54, 1.807) is 12.1 Å². The van der Waals surface area contributed by atoms with Crippen molar-refractivity contribution < 1.29 is 4.79 Å². The topological polar surface area (TPSA) is 70.7 Å². The molecular weight excluding hydrogens is 228 g/mol. The predicted molar refractivity (Wildman–Crippen MR) is 72.8 cm³/mol. The SMILES string of the molecule is C=C1NC(CN(C)C)=Nc2cccc(C(N)=O)c21. The summed E-state index contributed by atoms with van der Waals surface area (Å²) in [7, 11) is 3.92. The maximum Gasteiger partial charge on any atom is 0.249 e. The van der Waals surface area contributed by atoms with E-state index < -0.39 is 5.91 Å². The molecule has 1 aromatic carbocycles. The number of benzene rings is 1. The summed E-state index contributed by atoms with van der Waals surface area (Å²) in [6.45, 7) is 4.62. The van der Waals surface area contributed by atoms with E-state index in [1.165, 1.54) is 0 Å². The number of rotatable bonds is 3. The summed E-state index contributed by atoms with van der Waals surface area (Å²) in [5, 5.41) is 3.11. The van der Waals surface area contributed by atoms with E-state index in [1.807, 2.05) is 25.1 Å². The third-order valence-electron chi connectivity index (χ3n) is 2.63. The lowest BCUT2D eigenvalue weighted by Crippen LogP contribution is -2.34. The minimum absolute atomic E-state index is 0.442. The fourth-order valence-corrected chi connectivity index (χ4v) is 1.94. The van der Waals surface area contributed by atoms with Crippen LogP contribution in [-0.4, -0.2) is 37.3 Å². The van der Waals surface area contributed by atoms with Crippen LogP contribution >= 0.6 is 0 Å². The second-order valence-corrected chi connectivity index (χ2v) is 4.46. The number of likely N-dealkylation sites (N-methyl/N-ethyl adjacent to an activating group) is 1. The molecule has 0 radical (unpaired) electrons. The van der Waals surface area contributed by atoms with Crippen LogP contribution in [0.4, 0.5) is 5.69 Å². The number of hydrogen-bond acceptors (Lipinski definition) is 4. The molecule has 1 aromatic rings. The van der Waals surface area contributed by atoms with Crippen LogP contribution in [0.25, 0.3) is 5.70 Å². The normalized spacial score (nSPS) is 13.9. The van der Waals surface area contributed by atoms with Gasteiger partial charge in [-0.2, -0.15) is 0 Å². The van der Waals surface area contributed by atoms with Gasteiger partial charge < -0.3 is 16.0 Å². The number of amidine groups is 1. The summed E-state index contributed by atoms with van der Waals surface area (Å²) in [4.78, 5) is 17.9. The molecule has 2 rings (SSSR count). The van der Waals surface area contributed by atoms with Crippen LogP contribution in [-0.2, 0) is 0 Å². The van der Waals surface area contributed by atoms with Crippen molar-refractivity contribution in [2.24, 2.45) is 10.7 Å². The van der Waals surface area contributed by atoms with Gasteiger partial charge in [0.25, 0.3) is 0 Å². The van der Waals surface area contributed by atoms with E-state index in [0.717, 1.165) is 11.5 Å². The molecule has 1 amide bonds. The summed E-state index contributed by atoms with van der Waals surface area (Å²) in [5.41, 5.74) is 7.87. The molecule has 1 heterocycles. The Bertz CT molecular complexity index is 546. The Balaban J connectivity index is 2.49. The lowest BCUT2D eigenvalue weighted by Gasteiger charge is -2.23. The lowest BCUT2D eigenvalue weighted by molar-refractivity contribution is 0.1000. The fourth-order valence-electron chi connectivity index (χ4n) is 1.94. The standard InChI is InChI=1S/C13H16N4O/c1-8-12-9(13(14)18)5-4-6-10(12)16-11(15-8)7-17(2)3/h4-6H,1,7H2,2-3H3,(H2,14,18)(H,15,16). The quantitative estimate of drug-likeness (QED) is 0.831. The average molecular weight is 244 g/mol. The maximum atomic E-state index is 11.4. The second kappa shape index (κ2) is 4.62. The van der Waals surface area contributed by atoms with Crippen molar-refractivity contribution in [1.29, 1.82) is 0 Å². The third-order valence-corrected chi connectivity index (χ3v) is 2.63. The molecule has 0 unspecified atom stereocenters. The van der Waals surface area contributed by atoms with Gasteiger partial charge in [0, 0.05) is 11.3 Å². The van der Waals surface area contributed by atoms with Gasteiger partial charge in [-0.05, 0) is 26.2 Å². The van der Waals surface area contributed by atoms with Crippen molar-refractivity contribution in [2.75, 3.05) is 20.6 Å².